The smallest absolute Gasteiger partial charge is 0.239 e. The number of thioether (sulfide) groups is 1. The molecule has 1 N–H and O–H groups in total. The second-order valence-electron chi connectivity index (χ2n) is 4.67. The molecule has 0 spiro atoms. The number of hydrogen-bond acceptors (Lipinski definition) is 3. The van der Waals surface area contributed by atoms with Crippen molar-refractivity contribution < 1.29 is 4.79 Å². The molecule has 0 bridgehead atoms. The minimum absolute atomic E-state index is 0.0873. The minimum Gasteiger partial charge on any atom is -0.341 e. The van der Waals surface area contributed by atoms with E-state index in [0.29, 0.717) is 5.91 Å². The number of amides is 1. The van der Waals surface area contributed by atoms with Crippen LogP contribution < -0.4 is 5.32 Å². The quantitative estimate of drug-likeness (QED) is 0.677. The van der Waals surface area contributed by atoms with Crippen molar-refractivity contribution >= 4 is 17.7 Å². The summed E-state index contributed by atoms with van der Waals surface area (Å²) in [7, 11) is 0. The monoisotopic (exact) mass is 258 g/mol. The molecule has 1 heterocycles. The molecule has 1 aliphatic rings. The van der Waals surface area contributed by atoms with Gasteiger partial charge in [-0.05, 0) is 50.7 Å². The van der Waals surface area contributed by atoms with E-state index in [2.05, 4.69) is 23.4 Å². The lowest BCUT2D eigenvalue weighted by atomic mass is 10.0. The van der Waals surface area contributed by atoms with E-state index in [4.69, 9.17) is 0 Å². The van der Waals surface area contributed by atoms with Gasteiger partial charge < -0.3 is 10.2 Å². The van der Waals surface area contributed by atoms with Crippen molar-refractivity contribution in [2.75, 3.05) is 31.6 Å². The first kappa shape index (κ1) is 14.8. The molecular weight excluding hydrogens is 232 g/mol. The van der Waals surface area contributed by atoms with Crippen LogP contribution in [-0.4, -0.2) is 48.5 Å². The summed E-state index contributed by atoms with van der Waals surface area (Å²) in [5.74, 6) is 1.54. The van der Waals surface area contributed by atoms with E-state index in [9.17, 15) is 4.79 Å². The van der Waals surface area contributed by atoms with Crippen LogP contribution in [0.15, 0.2) is 0 Å². The molecule has 0 aromatic rings. The Hall–Kier alpha value is -0.220. The third-order valence-electron chi connectivity index (χ3n) is 3.20. The van der Waals surface area contributed by atoms with E-state index in [1.807, 2.05) is 11.8 Å². The maximum absolute atomic E-state index is 12.2. The maximum Gasteiger partial charge on any atom is 0.239 e. The van der Waals surface area contributed by atoms with Gasteiger partial charge in [0.15, 0.2) is 0 Å². The van der Waals surface area contributed by atoms with Gasteiger partial charge in [-0.3, -0.25) is 4.79 Å². The van der Waals surface area contributed by atoms with Gasteiger partial charge in [0.1, 0.15) is 0 Å². The van der Waals surface area contributed by atoms with Gasteiger partial charge >= 0.3 is 0 Å². The number of nitrogens with one attached hydrogen (secondary N) is 1. The van der Waals surface area contributed by atoms with Gasteiger partial charge in [-0.1, -0.05) is 6.92 Å². The number of hydrogen-bond donors (Lipinski definition) is 1. The van der Waals surface area contributed by atoms with E-state index < -0.39 is 0 Å². The molecule has 1 rings (SSSR count). The van der Waals surface area contributed by atoms with Crippen molar-refractivity contribution in [2.24, 2.45) is 0 Å². The molecule has 100 valence electrons. The average Bonchev–Trinajstić information content (AvgIpc) is 2.35. The van der Waals surface area contributed by atoms with Crippen LogP contribution in [0, 0.1) is 0 Å². The highest BCUT2D eigenvalue weighted by atomic mass is 32.2. The van der Waals surface area contributed by atoms with Crippen LogP contribution in [0.2, 0.25) is 0 Å². The average molecular weight is 258 g/mol. The molecule has 0 aromatic heterocycles. The van der Waals surface area contributed by atoms with Crippen LogP contribution in [0.4, 0.5) is 0 Å². The number of piperidine rings is 1. The fraction of sp³-hybridized carbons (Fsp3) is 0.923. The van der Waals surface area contributed by atoms with Gasteiger partial charge in [-0.25, -0.2) is 0 Å². The molecule has 17 heavy (non-hydrogen) atoms. The lowest BCUT2D eigenvalue weighted by molar-refractivity contribution is -0.136. The fourth-order valence-electron chi connectivity index (χ4n) is 2.22. The number of unbranched alkanes of at least 4 members (excludes halogenated alkanes) is 1. The summed E-state index contributed by atoms with van der Waals surface area (Å²) >= 11 is 1.88. The summed E-state index contributed by atoms with van der Waals surface area (Å²) in [6.45, 7) is 5.00. The van der Waals surface area contributed by atoms with Crippen molar-refractivity contribution in [3.63, 3.8) is 0 Å². The van der Waals surface area contributed by atoms with Crippen LogP contribution in [0.3, 0.4) is 0 Å². The first-order valence-corrected chi connectivity index (χ1v) is 8.20. The predicted molar refractivity (Wildman–Crippen MR) is 75.5 cm³/mol. The van der Waals surface area contributed by atoms with Crippen molar-refractivity contribution in [2.45, 2.75) is 45.1 Å². The molecule has 3 nitrogen and oxygen atoms in total. The van der Waals surface area contributed by atoms with E-state index in [1.54, 1.807) is 0 Å². The highest BCUT2D eigenvalue weighted by Gasteiger charge is 2.27. The largest absolute Gasteiger partial charge is 0.341 e. The normalized spacial score (nSPS) is 20.9. The summed E-state index contributed by atoms with van der Waals surface area (Å²) in [6.07, 6.45) is 7.76. The third kappa shape index (κ3) is 5.30. The zero-order chi connectivity index (χ0) is 12.5. The van der Waals surface area contributed by atoms with Gasteiger partial charge in [-0.2, -0.15) is 11.8 Å². The number of nitrogens with zero attached hydrogens (tertiary/aromatic N) is 1. The van der Waals surface area contributed by atoms with E-state index in [-0.39, 0.29) is 6.04 Å². The molecule has 0 aromatic carbocycles. The summed E-state index contributed by atoms with van der Waals surface area (Å²) in [5.41, 5.74) is 0. The lowest BCUT2D eigenvalue weighted by Crippen LogP contribution is -2.51. The lowest BCUT2D eigenvalue weighted by Gasteiger charge is -2.32. The Morgan fingerprint density at radius 2 is 2.29 bits per heavy atom. The van der Waals surface area contributed by atoms with Gasteiger partial charge in [0, 0.05) is 13.1 Å². The molecule has 1 unspecified atom stereocenters. The van der Waals surface area contributed by atoms with Gasteiger partial charge in [-0.15, -0.1) is 0 Å². The zero-order valence-corrected chi connectivity index (χ0v) is 12.0. The minimum atomic E-state index is 0.0873. The Kier molecular flexibility index (Phi) is 7.69. The summed E-state index contributed by atoms with van der Waals surface area (Å²) < 4.78 is 0. The van der Waals surface area contributed by atoms with E-state index >= 15 is 0 Å². The van der Waals surface area contributed by atoms with Crippen molar-refractivity contribution in [3.05, 3.63) is 0 Å². The number of carbonyl (C=O) groups is 1. The maximum atomic E-state index is 12.2. The first-order chi connectivity index (χ1) is 8.29. The Morgan fingerprint density at radius 1 is 1.47 bits per heavy atom. The summed E-state index contributed by atoms with van der Waals surface area (Å²) in [6, 6.07) is 0.0873. The van der Waals surface area contributed by atoms with Crippen molar-refractivity contribution in [3.8, 4) is 0 Å². The molecule has 1 atom stereocenters. The Labute approximate surface area is 110 Å². The SMILES string of the molecule is CCCNC1CCCN(CCCCSC)C1=O. The Balaban J connectivity index is 2.26. The number of likely N-dealkylation sites (tertiary alicyclic amines) is 1. The molecule has 1 saturated heterocycles. The molecule has 0 radical (unpaired) electrons. The van der Waals surface area contributed by atoms with Gasteiger partial charge in [0.2, 0.25) is 5.91 Å². The Morgan fingerprint density at radius 3 is 3.00 bits per heavy atom. The first-order valence-electron chi connectivity index (χ1n) is 6.80. The highest BCUT2D eigenvalue weighted by molar-refractivity contribution is 7.98. The molecule has 0 aliphatic carbocycles. The summed E-state index contributed by atoms with van der Waals surface area (Å²) in [5, 5.41) is 3.36. The molecule has 1 amide bonds. The van der Waals surface area contributed by atoms with Gasteiger partial charge in [0.25, 0.3) is 0 Å². The molecule has 1 fully saturated rings. The van der Waals surface area contributed by atoms with Crippen LogP contribution in [0.1, 0.15) is 39.0 Å². The predicted octanol–water partition coefficient (Wildman–Crippen LogP) is 2.12. The second kappa shape index (κ2) is 8.81. The van der Waals surface area contributed by atoms with Crippen LogP contribution in [0.25, 0.3) is 0 Å². The number of carbonyl (C=O) groups excluding carboxylic acids is 1. The molecule has 0 saturated carbocycles. The van der Waals surface area contributed by atoms with E-state index in [0.717, 1.165) is 45.3 Å². The van der Waals surface area contributed by atoms with Crippen LogP contribution in [0.5, 0.6) is 0 Å². The van der Waals surface area contributed by atoms with Crippen molar-refractivity contribution in [1.29, 1.82) is 0 Å². The topological polar surface area (TPSA) is 32.3 Å². The molecule has 1 aliphatic heterocycles. The summed E-state index contributed by atoms with van der Waals surface area (Å²) in [4.78, 5) is 14.2. The number of rotatable bonds is 8. The standard InChI is InChI=1S/C13H26N2OS/c1-3-8-14-12-7-6-10-15(13(12)16)9-4-5-11-17-2/h12,14H,3-11H2,1-2H3. The zero-order valence-electron chi connectivity index (χ0n) is 11.2. The van der Waals surface area contributed by atoms with Crippen LogP contribution >= 0.6 is 11.8 Å². The van der Waals surface area contributed by atoms with E-state index in [1.165, 1.54) is 12.2 Å². The highest BCUT2D eigenvalue weighted by Crippen LogP contribution is 2.13. The molecular formula is C13H26N2OS. The molecule has 4 heteroatoms. The Bertz CT molecular complexity index is 223. The van der Waals surface area contributed by atoms with Crippen LogP contribution in [-0.2, 0) is 4.79 Å². The van der Waals surface area contributed by atoms with Gasteiger partial charge in [0.05, 0.1) is 6.04 Å². The third-order valence-corrected chi connectivity index (χ3v) is 3.89. The fourth-order valence-corrected chi connectivity index (χ4v) is 2.71. The van der Waals surface area contributed by atoms with Crippen molar-refractivity contribution in [1.82, 2.24) is 10.2 Å². The second-order valence-corrected chi connectivity index (χ2v) is 5.66.